The van der Waals surface area contributed by atoms with Crippen molar-refractivity contribution in [2.45, 2.75) is 11.4 Å². The van der Waals surface area contributed by atoms with Crippen LogP contribution in [0.15, 0.2) is 53.4 Å². The van der Waals surface area contributed by atoms with Gasteiger partial charge in [0.1, 0.15) is 5.75 Å². The van der Waals surface area contributed by atoms with Gasteiger partial charge in [-0.3, -0.25) is 4.79 Å². The summed E-state index contributed by atoms with van der Waals surface area (Å²) in [4.78, 5) is 14.9. The maximum absolute atomic E-state index is 12.2. The lowest BCUT2D eigenvalue weighted by atomic mass is 10.1. The number of rotatable bonds is 6. The number of nitrogens with zero attached hydrogens (tertiary/aromatic N) is 2. The van der Waals surface area contributed by atoms with E-state index in [9.17, 15) is 4.79 Å². The van der Waals surface area contributed by atoms with Crippen molar-refractivity contribution in [1.29, 1.82) is 5.26 Å². The van der Waals surface area contributed by atoms with Crippen molar-refractivity contribution in [1.82, 2.24) is 4.90 Å². The molecule has 0 heterocycles. The Kier molecular flexibility index (Phi) is 6.07. The van der Waals surface area contributed by atoms with Crippen LogP contribution in [0.25, 0.3) is 0 Å². The summed E-state index contributed by atoms with van der Waals surface area (Å²) in [6.07, 6.45) is 0. The van der Waals surface area contributed by atoms with Gasteiger partial charge in [0.25, 0.3) is 0 Å². The largest absolute Gasteiger partial charge is 0.497 e. The number of thioether (sulfide) groups is 1. The van der Waals surface area contributed by atoms with Gasteiger partial charge in [0.2, 0.25) is 5.91 Å². The summed E-state index contributed by atoms with van der Waals surface area (Å²) >= 11 is 1.50. The Bertz CT molecular complexity index is 690. The van der Waals surface area contributed by atoms with Crippen LogP contribution in [0.4, 0.5) is 0 Å². The van der Waals surface area contributed by atoms with Gasteiger partial charge >= 0.3 is 0 Å². The summed E-state index contributed by atoms with van der Waals surface area (Å²) in [6, 6.07) is 17.0. The zero-order chi connectivity index (χ0) is 16.7. The van der Waals surface area contributed by atoms with Crippen LogP contribution in [-0.2, 0) is 11.3 Å². The Morgan fingerprint density at radius 3 is 2.39 bits per heavy atom. The van der Waals surface area contributed by atoms with Gasteiger partial charge < -0.3 is 9.64 Å². The Balaban J connectivity index is 1.85. The maximum atomic E-state index is 12.2. The number of methoxy groups -OCH3 is 1. The Morgan fingerprint density at radius 2 is 1.83 bits per heavy atom. The highest BCUT2D eigenvalue weighted by atomic mass is 32.2. The minimum absolute atomic E-state index is 0.0650. The van der Waals surface area contributed by atoms with Crippen LogP contribution in [0.2, 0.25) is 0 Å². The molecule has 0 saturated carbocycles. The van der Waals surface area contributed by atoms with Crippen molar-refractivity contribution in [2.24, 2.45) is 0 Å². The summed E-state index contributed by atoms with van der Waals surface area (Å²) in [5.41, 5.74) is 1.63. The molecule has 0 spiro atoms. The third kappa shape index (κ3) is 5.04. The number of carbonyl (C=O) groups excluding carboxylic acids is 1. The predicted molar refractivity (Wildman–Crippen MR) is 91.3 cm³/mol. The minimum Gasteiger partial charge on any atom is -0.497 e. The second-order valence-electron chi connectivity index (χ2n) is 5.02. The van der Waals surface area contributed by atoms with Crippen molar-refractivity contribution in [2.75, 3.05) is 19.9 Å². The average molecular weight is 326 g/mol. The van der Waals surface area contributed by atoms with Gasteiger partial charge in [0, 0.05) is 18.5 Å². The number of amides is 1. The molecule has 0 aliphatic carbocycles. The molecule has 1 amide bonds. The molecular weight excluding hydrogens is 308 g/mol. The summed E-state index contributed by atoms with van der Waals surface area (Å²) < 4.78 is 5.11. The number of ether oxygens (including phenoxy) is 1. The highest BCUT2D eigenvalue weighted by Gasteiger charge is 2.10. The van der Waals surface area contributed by atoms with Crippen molar-refractivity contribution in [3.05, 3.63) is 59.7 Å². The highest BCUT2D eigenvalue weighted by Crippen LogP contribution is 2.21. The minimum atomic E-state index is 0.0650. The van der Waals surface area contributed by atoms with E-state index in [0.717, 1.165) is 16.2 Å². The number of hydrogen-bond acceptors (Lipinski definition) is 4. The first-order chi connectivity index (χ1) is 11.1. The smallest absolute Gasteiger partial charge is 0.232 e. The first-order valence-corrected chi connectivity index (χ1v) is 8.11. The normalized spacial score (nSPS) is 9.96. The first-order valence-electron chi connectivity index (χ1n) is 7.12. The molecule has 0 atom stereocenters. The molecule has 5 heteroatoms. The predicted octanol–water partition coefficient (Wildman–Crippen LogP) is 3.32. The van der Waals surface area contributed by atoms with Crippen LogP contribution < -0.4 is 4.74 Å². The van der Waals surface area contributed by atoms with Gasteiger partial charge in [-0.05, 0) is 42.0 Å². The second-order valence-corrected chi connectivity index (χ2v) is 6.07. The van der Waals surface area contributed by atoms with E-state index in [1.807, 2.05) is 36.4 Å². The van der Waals surface area contributed by atoms with Crippen molar-refractivity contribution in [3.8, 4) is 11.8 Å². The average Bonchev–Trinajstić information content (AvgIpc) is 2.60. The molecule has 0 radical (unpaired) electrons. The van der Waals surface area contributed by atoms with Crippen LogP contribution in [0.3, 0.4) is 0 Å². The number of nitriles is 1. The molecule has 0 bridgehead atoms. The zero-order valence-electron chi connectivity index (χ0n) is 13.2. The lowest BCUT2D eigenvalue weighted by Crippen LogP contribution is -2.27. The van der Waals surface area contributed by atoms with Crippen LogP contribution in [-0.4, -0.2) is 30.7 Å². The van der Waals surface area contributed by atoms with Gasteiger partial charge in [-0.15, -0.1) is 11.8 Å². The Hall–Kier alpha value is -2.45. The van der Waals surface area contributed by atoms with E-state index in [0.29, 0.717) is 17.9 Å². The van der Waals surface area contributed by atoms with Crippen molar-refractivity contribution >= 4 is 17.7 Å². The van der Waals surface area contributed by atoms with Crippen molar-refractivity contribution in [3.63, 3.8) is 0 Å². The fourth-order valence-electron chi connectivity index (χ4n) is 1.97. The lowest BCUT2D eigenvalue weighted by Gasteiger charge is -2.17. The fraction of sp³-hybridized carbons (Fsp3) is 0.222. The molecule has 4 nitrogen and oxygen atoms in total. The van der Waals surface area contributed by atoms with Gasteiger partial charge in [0.05, 0.1) is 24.5 Å². The van der Waals surface area contributed by atoms with Gasteiger partial charge in [-0.1, -0.05) is 12.1 Å². The second kappa shape index (κ2) is 8.25. The van der Waals surface area contributed by atoms with E-state index < -0.39 is 0 Å². The monoisotopic (exact) mass is 326 g/mol. The SMILES string of the molecule is COc1ccc(SCC(=O)N(C)Cc2ccc(C#N)cc2)cc1. The molecule has 0 N–H and O–H groups in total. The van der Waals surface area contributed by atoms with E-state index in [2.05, 4.69) is 6.07 Å². The molecule has 0 unspecified atom stereocenters. The van der Waals surface area contributed by atoms with Gasteiger partial charge in [0.15, 0.2) is 0 Å². The van der Waals surface area contributed by atoms with Crippen LogP contribution >= 0.6 is 11.8 Å². The molecule has 0 fully saturated rings. The zero-order valence-corrected chi connectivity index (χ0v) is 14.0. The molecule has 0 aliphatic rings. The Labute approximate surface area is 140 Å². The van der Waals surface area contributed by atoms with Gasteiger partial charge in [-0.25, -0.2) is 0 Å². The van der Waals surface area contributed by atoms with Crippen LogP contribution in [0.1, 0.15) is 11.1 Å². The molecule has 118 valence electrons. The molecule has 23 heavy (non-hydrogen) atoms. The molecule has 0 aromatic heterocycles. The summed E-state index contributed by atoms with van der Waals surface area (Å²) in [7, 11) is 3.42. The number of benzene rings is 2. The van der Waals surface area contributed by atoms with Crippen molar-refractivity contribution < 1.29 is 9.53 Å². The topological polar surface area (TPSA) is 53.3 Å². The lowest BCUT2D eigenvalue weighted by molar-refractivity contribution is -0.127. The van der Waals surface area contributed by atoms with E-state index in [-0.39, 0.29) is 5.91 Å². The molecule has 2 rings (SSSR count). The quantitative estimate of drug-likeness (QED) is 0.764. The summed E-state index contributed by atoms with van der Waals surface area (Å²) in [6.45, 7) is 0.535. The summed E-state index contributed by atoms with van der Waals surface area (Å²) in [5.74, 6) is 1.26. The Morgan fingerprint density at radius 1 is 1.17 bits per heavy atom. The fourth-order valence-corrected chi connectivity index (χ4v) is 2.81. The maximum Gasteiger partial charge on any atom is 0.232 e. The third-order valence-corrected chi connectivity index (χ3v) is 4.35. The third-order valence-electron chi connectivity index (χ3n) is 3.35. The van der Waals surface area contributed by atoms with Crippen LogP contribution in [0, 0.1) is 11.3 Å². The van der Waals surface area contributed by atoms with Gasteiger partial charge in [-0.2, -0.15) is 5.26 Å². The standard InChI is InChI=1S/C18H18N2O2S/c1-20(12-15-5-3-14(11-19)4-6-15)18(21)13-23-17-9-7-16(22-2)8-10-17/h3-10H,12-13H2,1-2H3. The molecule has 2 aromatic rings. The first kappa shape index (κ1) is 16.9. The molecule has 2 aromatic carbocycles. The number of carbonyl (C=O) groups is 1. The van der Waals surface area contributed by atoms with Crippen LogP contribution in [0.5, 0.6) is 5.75 Å². The van der Waals surface area contributed by atoms with E-state index in [4.69, 9.17) is 10.00 Å². The van der Waals surface area contributed by atoms with E-state index in [1.165, 1.54) is 11.8 Å². The van der Waals surface area contributed by atoms with E-state index >= 15 is 0 Å². The number of hydrogen-bond donors (Lipinski definition) is 0. The molecular formula is C18H18N2O2S. The summed E-state index contributed by atoms with van der Waals surface area (Å²) in [5, 5.41) is 8.78. The molecule has 0 aliphatic heterocycles. The van der Waals surface area contributed by atoms with E-state index in [1.54, 1.807) is 31.2 Å². The molecule has 0 saturated heterocycles. The highest BCUT2D eigenvalue weighted by molar-refractivity contribution is 8.00.